The first-order valence-electron chi connectivity index (χ1n) is 7.43. The number of halogens is 1. The van der Waals surface area contributed by atoms with Gasteiger partial charge in [0, 0.05) is 12.1 Å². The lowest BCUT2D eigenvalue weighted by molar-refractivity contribution is -0.157. The Morgan fingerprint density at radius 1 is 1.48 bits per heavy atom. The van der Waals surface area contributed by atoms with Gasteiger partial charge in [-0.25, -0.2) is 4.39 Å². The molecule has 0 radical (unpaired) electrons. The normalized spacial score (nSPS) is 13.1. The molecule has 7 heteroatoms. The smallest absolute Gasteiger partial charge is 0.323 e. The molecule has 0 aliphatic rings. The number of hydrogen-bond donors (Lipinski definition) is 3. The van der Waals surface area contributed by atoms with Crippen LogP contribution in [0.15, 0.2) is 23.3 Å². The third-order valence-corrected chi connectivity index (χ3v) is 2.99. The second-order valence-electron chi connectivity index (χ2n) is 6.08. The van der Waals surface area contributed by atoms with E-state index in [1.54, 1.807) is 38.5 Å². The molecule has 6 nitrogen and oxygen atoms in total. The molecule has 1 aromatic rings. The van der Waals surface area contributed by atoms with Crippen molar-refractivity contribution >= 4 is 12.2 Å². The van der Waals surface area contributed by atoms with Crippen molar-refractivity contribution < 1.29 is 19.1 Å². The molecule has 3 N–H and O–H groups in total. The summed E-state index contributed by atoms with van der Waals surface area (Å²) in [4.78, 5) is 12.0. The molecule has 0 unspecified atom stereocenters. The van der Waals surface area contributed by atoms with Crippen molar-refractivity contribution in [2.75, 3.05) is 0 Å². The Balaban J connectivity index is 2.68. The van der Waals surface area contributed by atoms with Crippen molar-refractivity contribution in [1.82, 2.24) is 10.9 Å². The molecule has 1 rings (SSSR count). The lowest BCUT2D eigenvalue weighted by Gasteiger charge is -2.24. The number of nitrogens with zero attached hydrogens (tertiary/aromatic N) is 1. The van der Waals surface area contributed by atoms with Gasteiger partial charge in [0.2, 0.25) is 0 Å². The predicted octanol–water partition coefficient (Wildman–Crippen LogP) is 2.35. The average molecular weight is 325 g/mol. The highest BCUT2D eigenvalue weighted by Crippen LogP contribution is 2.12. The van der Waals surface area contributed by atoms with Crippen LogP contribution in [0.25, 0.3) is 0 Å². The van der Waals surface area contributed by atoms with E-state index < -0.39 is 17.5 Å². The zero-order chi connectivity index (χ0) is 17.5. The molecule has 128 valence electrons. The van der Waals surface area contributed by atoms with E-state index in [1.807, 2.05) is 6.92 Å². The first-order valence-corrected chi connectivity index (χ1v) is 7.43. The molecule has 1 aromatic carbocycles. The molecule has 0 heterocycles. The fourth-order valence-corrected chi connectivity index (χ4v) is 1.89. The first kappa shape index (κ1) is 19.1. The van der Waals surface area contributed by atoms with Gasteiger partial charge in [0.05, 0.1) is 6.21 Å². The number of ether oxygens (including phenoxy) is 1. The van der Waals surface area contributed by atoms with Crippen LogP contribution >= 0.6 is 0 Å². The summed E-state index contributed by atoms with van der Waals surface area (Å²) in [5.41, 5.74) is 1.99. The molecule has 0 aliphatic carbocycles. The fourth-order valence-electron chi connectivity index (χ4n) is 1.89. The Morgan fingerprint density at radius 3 is 2.70 bits per heavy atom. The summed E-state index contributed by atoms with van der Waals surface area (Å²) in [6, 6.07) is 4.07. The maximum atomic E-state index is 14.0. The summed E-state index contributed by atoms with van der Waals surface area (Å²) in [5, 5.41) is 14.8. The minimum atomic E-state index is -0.556. The summed E-state index contributed by atoms with van der Waals surface area (Å²) < 4.78 is 19.3. The highest BCUT2D eigenvalue weighted by Gasteiger charge is 2.23. The zero-order valence-electron chi connectivity index (χ0n) is 13.9. The lowest BCUT2D eigenvalue weighted by Crippen LogP contribution is -2.40. The minimum absolute atomic E-state index is 0.208. The summed E-state index contributed by atoms with van der Waals surface area (Å²) >= 11 is 0. The van der Waals surface area contributed by atoms with E-state index >= 15 is 0 Å². The van der Waals surface area contributed by atoms with E-state index in [0.29, 0.717) is 17.5 Å². The van der Waals surface area contributed by atoms with Crippen LogP contribution < -0.4 is 10.9 Å². The number of benzene rings is 1. The molecule has 23 heavy (non-hydrogen) atoms. The van der Waals surface area contributed by atoms with Crippen LogP contribution in [0.3, 0.4) is 0 Å². The molecule has 0 saturated carbocycles. The predicted molar refractivity (Wildman–Crippen MR) is 85.7 cm³/mol. The molecule has 0 amide bonds. The third kappa shape index (κ3) is 6.75. The number of carbonyl (C=O) groups excluding carboxylic acids is 1. The van der Waals surface area contributed by atoms with Gasteiger partial charge in [0.25, 0.3) is 0 Å². The van der Waals surface area contributed by atoms with Crippen LogP contribution in [-0.4, -0.2) is 29.0 Å². The van der Waals surface area contributed by atoms with Crippen molar-refractivity contribution in [3.63, 3.8) is 0 Å². The first-order chi connectivity index (χ1) is 10.8. The second-order valence-corrected chi connectivity index (χ2v) is 6.08. The highest BCUT2D eigenvalue weighted by molar-refractivity contribution is 5.79. The van der Waals surface area contributed by atoms with E-state index in [1.165, 1.54) is 12.3 Å². The molecule has 1 atom stereocenters. The maximum absolute atomic E-state index is 14.0. The van der Waals surface area contributed by atoms with E-state index in [-0.39, 0.29) is 12.5 Å². The number of carbonyl (C=O) groups is 1. The summed E-state index contributed by atoms with van der Waals surface area (Å²) in [6.07, 6.45) is 1.83. The summed E-state index contributed by atoms with van der Waals surface area (Å²) in [5.74, 6) is -0.767. The maximum Gasteiger partial charge on any atom is 0.323 e. The Hall–Kier alpha value is -1.99. The Morgan fingerprint density at radius 2 is 2.17 bits per heavy atom. The van der Waals surface area contributed by atoms with Crippen LogP contribution in [-0.2, 0) is 16.1 Å². The van der Waals surface area contributed by atoms with Crippen molar-refractivity contribution in [3.05, 3.63) is 35.1 Å². The topological polar surface area (TPSA) is 83.0 Å². The van der Waals surface area contributed by atoms with Gasteiger partial charge in [0.15, 0.2) is 0 Å². The molecule has 0 bridgehead atoms. The van der Waals surface area contributed by atoms with Crippen LogP contribution in [0.2, 0.25) is 0 Å². The van der Waals surface area contributed by atoms with Crippen LogP contribution in [0.1, 0.15) is 45.2 Å². The van der Waals surface area contributed by atoms with Crippen molar-refractivity contribution in [2.24, 2.45) is 5.10 Å². The fraction of sp³-hybridized carbons (Fsp3) is 0.500. The van der Waals surface area contributed by atoms with Gasteiger partial charge in [-0.05, 0) is 38.8 Å². The Labute approximate surface area is 135 Å². The molecule has 0 aromatic heterocycles. The highest BCUT2D eigenvalue weighted by atomic mass is 19.1. The average Bonchev–Trinajstić information content (AvgIpc) is 2.45. The second kappa shape index (κ2) is 8.59. The van der Waals surface area contributed by atoms with Crippen LogP contribution in [0.4, 0.5) is 4.39 Å². The zero-order valence-corrected chi connectivity index (χ0v) is 13.9. The van der Waals surface area contributed by atoms with E-state index in [9.17, 15) is 9.18 Å². The molecular weight excluding hydrogens is 301 g/mol. The van der Waals surface area contributed by atoms with Gasteiger partial charge in [-0.1, -0.05) is 19.1 Å². The van der Waals surface area contributed by atoms with Gasteiger partial charge >= 0.3 is 5.97 Å². The van der Waals surface area contributed by atoms with Gasteiger partial charge in [-0.15, -0.1) is 0 Å². The largest absolute Gasteiger partial charge is 0.459 e. The van der Waals surface area contributed by atoms with E-state index in [2.05, 4.69) is 10.4 Å². The van der Waals surface area contributed by atoms with Gasteiger partial charge in [0.1, 0.15) is 17.5 Å². The minimum Gasteiger partial charge on any atom is -0.459 e. The van der Waals surface area contributed by atoms with Gasteiger partial charge in [-0.2, -0.15) is 10.7 Å². The van der Waals surface area contributed by atoms with Gasteiger partial charge in [-0.3, -0.25) is 10.0 Å². The van der Waals surface area contributed by atoms with Crippen LogP contribution in [0.5, 0.6) is 0 Å². The van der Waals surface area contributed by atoms with Gasteiger partial charge < -0.3 is 10.1 Å². The van der Waals surface area contributed by atoms with Crippen molar-refractivity contribution in [3.8, 4) is 0 Å². The number of nitrogens with one attached hydrogen (secondary N) is 2. The Bertz CT molecular complexity index is 556. The molecule has 0 saturated heterocycles. The van der Waals surface area contributed by atoms with E-state index in [0.717, 1.165) is 0 Å². The molecule has 0 fully saturated rings. The van der Waals surface area contributed by atoms with Crippen LogP contribution in [0, 0.1) is 5.82 Å². The van der Waals surface area contributed by atoms with E-state index in [4.69, 9.17) is 9.94 Å². The quantitative estimate of drug-likeness (QED) is 0.407. The summed E-state index contributed by atoms with van der Waals surface area (Å²) in [6.45, 7) is 7.48. The lowest BCUT2D eigenvalue weighted by atomic mass is 10.1. The molecular formula is C16H24FN3O3. The SMILES string of the molecule is CC[C@@H](NCc1ccc(/C=N\NO)cc1F)C(=O)OC(C)(C)C. The summed E-state index contributed by atoms with van der Waals surface area (Å²) in [7, 11) is 0. The Kier molecular flexibility index (Phi) is 7.12. The standard InChI is InChI=1S/C16H24FN3O3/c1-5-14(15(21)23-16(2,3)4)18-10-12-7-6-11(8-13(12)17)9-19-20-22/h6-9,14,18,20,22H,5,10H2,1-4H3/b19-9-/t14-/m1/s1. The third-order valence-electron chi connectivity index (χ3n) is 2.99. The number of rotatable bonds is 7. The number of hydrazone groups is 1. The molecule has 0 spiro atoms. The number of hydrogen-bond acceptors (Lipinski definition) is 6. The monoisotopic (exact) mass is 325 g/mol. The number of esters is 1. The molecule has 0 aliphatic heterocycles. The van der Waals surface area contributed by atoms with Crippen molar-refractivity contribution in [1.29, 1.82) is 0 Å². The van der Waals surface area contributed by atoms with Crippen molar-refractivity contribution in [2.45, 2.75) is 52.3 Å².